The van der Waals surface area contributed by atoms with Gasteiger partial charge in [-0.05, 0) is 0 Å². The van der Waals surface area contributed by atoms with Crippen LogP contribution in [0.4, 0.5) is 0 Å². The average molecular weight is 191 g/mol. The van der Waals surface area contributed by atoms with Crippen LogP contribution < -0.4 is 11.6 Å². The van der Waals surface area contributed by atoms with Gasteiger partial charge in [0, 0.05) is 10.7 Å². The molecule has 0 spiro atoms. The molecule has 5 heteroatoms. The van der Waals surface area contributed by atoms with E-state index < -0.39 is 0 Å². The van der Waals surface area contributed by atoms with Crippen LogP contribution in [0.2, 0.25) is 0 Å². The molecule has 1 aliphatic heterocycles. The molecule has 0 aromatic carbocycles. The number of aliphatic imine (C=N–C) groups is 1. The van der Waals surface area contributed by atoms with Crippen molar-refractivity contribution in [2.24, 2.45) is 16.6 Å². The van der Waals surface area contributed by atoms with Crippen molar-refractivity contribution < 1.29 is 0 Å². The third-order valence-corrected chi connectivity index (χ3v) is 1.41. The molecule has 1 heterocycles. The molecule has 0 saturated carbocycles. The summed E-state index contributed by atoms with van der Waals surface area (Å²) >= 11 is 3.23. The summed E-state index contributed by atoms with van der Waals surface area (Å²) in [5.41, 5.74) is 5.33. The number of nitrogens with zero attached hydrogens (tertiary/aromatic N) is 2. The van der Waals surface area contributed by atoms with Gasteiger partial charge >= 0.3 is 0 Å². The maximum atomic E-state index is 5.38. The fraction of sp³-hybridized carbons (Fsp3) is 0.250. The zero-order chi connectivity index (χ0) is 6.85. The number of halogens is 1. The molecule has 0 aliphatic carbocycles. The number of rotatable bonds is 0. The first-order chi connectivity index (χ1) is 4.20. The van der Waals surface area contributed by atoms with Crippen molar-refractivity contribution in [3.05, 3.63) is 10.7 Å². The summed E-state index contributed by atoms with van der Waals surface area (Å²) in [7, 11) is 0. The normalized spacial score (nSPS) is 19.1. The van der Waals surface area contributed by atoms with Gasteiger partial charge in [-0.25, -0.2) is 10.8 Å². The molecule has 9 heavy (non-hydrogen) atoms. The lowest BCUT2D eigenvalue weighted by Gasteiger charge is -2.18. The minimum Gasteiger partial charge on any atom is -0.368 e. The van der Waals surface area contributed by atoms with E-state index in [9.17, 15) is 0 Å². The summed E-state index contributed by atoms with van der Waals surface area (Å²) in [6.07, 6.45) is 1.64. The van der Waals surface area contributed by atoms with Crippen LogP contribution in [0.1, 0.15) is 0 Å². The minimum absolute atomic E-state index is 0.346. The summed E-state index contributed by atoms with van der Waals surface area (Å²) in [4.78, 5) is 3.78. The molecular formula is C4H7BrN4. The monoisotopic (exact) mass is 190 g/mol. The zero-order valence-electron chi connectivity index (χ0n) is 4.71. The smallest absolute Gasteiger partial charge is 0.210 e. The van der Waals surface area contributed by atoms with E-state index in [-0.39, 0.29) is 0 Å². The van der Waals surface area contributed by atoms with Gasteiger partial charge in [0.1, 0.15) is 0 Å². The van der Waals surface area contributed by atoms with Crippen molar-refractivity contribution in [1.29, 1.82) is 0 Å². The first kappa shape index (κ1) is 6.57. The van der Waals surface area contributed by atoms with E-state index in [4.69, 9.17) is 11.6 Å². The van der Waals surface area contributed by atoms with Gasteiger partial charge in [-0.15, -0.1) is 0 Å². The number of hydrogen-bond acceptors (Lipinski definition) is 4. The van der Waals surface area contributed by atoms with Crippen molar-refractivity contribution in [2.45, 2.75) is 0 Å². The van der Waals surface area contributed by atoms with Gasteiger partial charge < -0.3 is 5.73 Å². The minimum atomic E-state index is 0.346. The highest BCUT2D eigenvalue weighted by Gasteiger charge is 2.07. The molecule has 0 aromatic heterocycles. The molecule has 4 nitrogen and oxygen atoms in total. The first-order valence-corrected chi connectivity index (χ1v) is 3.19. The summed E-state index contributed by atoms with van der Waals surface area (Å²) in [6.45, 7) is 0.593. The summed E-state index contributed by atoms with van der Waals surface area (Å²) in [6, 6.07) is 0. The van der Waals surface area contributed by atoms with Crippen molar-refractivity contribution in [2.75, 3.05) is 6.54 Å². The maximum Gasteiger partial charge on any atom is 0.210 e. The molecule has 0 bridgehead atoms. The van der Waals surface area contributed by atoms with Crippen molar-refractivity contribution in [3.8, 4) is 0 Å². The summed E-state index contributed by atoms with van der Waals surface area (Å²) in [5, 5.41) is 1.37. The Morgan fingerprint density at radius 1 is 1.78 bits per heavy atom. The molecule has 0 radical (unpaired) electrons. The second-order valence-electron chi connectivity index (χ2n) is 1.69. The SMILES string of the molecule is NC1=NC=C(Br)CN1N. The Bertz CT molecular complexity index is 173. The average Bonchev–Trinajstić information content (AvgIpc) is 1.80. The standard InChI is InChI=1S/C4H7BrN4/c5-3-1-8-4(6)9(7)2-3/h1H,2,7H2,(H2,6,8). The van der Waals surface area contributed by atoms with Crippen LogP contribution in [0.5, 0.6) is 0 Å². The Balaban J connectivity index is 2.74. The van der Waals surface area contributed by atoms with Gasteiger partial charge in [0.05, 0.1) is 6.54 Å². The van der Waals surface area contributed by atoms with E-state index in [1.165, 1.54) is 5.01 Å². The quantitative estimate of drug-likeness (QED) is 0.517. The van der Waals surface area contributed by atoms with Gasteiger partial charge in [-0.2, -0.15) is 0 Å². The first-order valence-electron chi connectivity index (χ1n) is 2.40. The van der Waals surface area contributed by atoms with Crippen LogP contribution in [0, 0.1) is 0 Å². The van der Waals surface area contributed by atoms with E-state index in [0.717, 1.165) is 4.48 Å². The number of guanidine groups is 1. The Morgan fingerprint density at radius 3 is 2.89 bits per heavy atom. The van der Waals surface area contributed by atoms with Crippen LogP contribution >= 0.6 is 15.9 Å². The fourth-order valence-electron chi connectivity index (χ4n) is 0.495. The lowest BCUT2D eigenvalue weighted by atomic mass is 10.5. The highest BCUT2D eigenvalue weighted by molar-refractivity contribution is 9.11. The lowest BCUT2D eigenvalue weighted by Crippen LogP contribution is -2.44. The number of hydrazine groups is 1. The van der Waals surface area contributed by atoms with Crippen molar-refractivity contribution in [1.82, 2.24) is 5.01 Å². The van der Waals surface area contributed by atoms with Gasteiger partial charge in [-0.1, -0.05) is 15.9 Å². The van der Waals surface area contributed by atoms with Gasteiger partial charge in [0.2, 0.25) is 5.96 Å². The molecule has 4 N–H and O–H groups in total. The van der Waals surface area contributed by atoms with Gasteiger partial charge in [0.25, 0.3) is 0 Å². The Labute approximate surface area is 61.3 Å². The van der Waals surface area contributed by atoms with E-state index >= 15 is 0 Å². The summed E-state index contributed by atoms with van der Waals surface area (Å²) in [5.74, 6) is 5.72. The molecule has 0 amide bonds. The predicted octanol–water partition coefficient (Wildman–Crippen LogP) is -0.273. The second-order valence-corrected chi connectivity index (χ2v) is 2.71. The van der Waals surface area contributed by atoms with Crippen LogP contribution in [-0.2, 0) is 0 Å². The van der Waals surface area contributed by atoms with Crippen LogP contribution in [0.25, 0.3) is 0 Å². The lowest BCUT2D eigenvalue weighted by molar-refractivity contribution is 0.474. The van der Waals surface area contributed by atoms with E-state index in [0.29, 0.717) is 12.5 Å². The topological polar surface area (TPSA) is 67.6 Å². The third-order valence-electron chi connectivity index (χ3n) is 0.953. The Morgan fingerprint density at radius 2 is 2.44 bits per heavy atom. The van der Waals surface area contributed by atoms with Crippen LogP contribution in [0.3, 0.4) is 0 Å². The molecule has 1 aliphatic rings. The van der Waals surface area contributed by atoms with Gasteiger partial charge in [0.15, 0.2) is 0 Å². The van der Waals surface area contributed by atoms with E-state index in [1.807, 2.05) is 0 Å². The zero-order valence-corrected chi connectivity index (χ0v) is 6.30. The number of nitrogens with two attached hydrogens (primary N) is 2. The molecule has 1 rings (SSSR count). The predicted molar refractivity (Wildman–Crippen MR) is 39.5 cm³/mol. The molecule has 0 aromatic rings. The van der Waals surface area contributed by atoms with Crippen LogP contribution in [0.15, 0.2) is 15.7 Å². The fourth-order valence-corrected chi connectivity index (χ4v) is 0.867. The molecule has 0 saturated heterocycles. The molecule has 0 atom stereocenters. The molecular weight excluding hydrogens is 184 g/mol. The highest BCUT2D eigenvalue weighted by Crippen LogP contribution is 2.08. The van der Waals surface area contributed by atoms with E-state index in [2.05, 4.69) is 20.9 Å². The van der Waals surface area contributed by atoms with Crippen LogP contribution in [-0.4, -0.2) is 17.5 Å². The maximum absolute atomic E-state index is 5.38. The Hall–Kier alpha value is -0.550. The van der Waals surface area contributed by atoms with Gasteiger partial charge in [-0.3, -0.25) is 5.01 Å². The Kier molecular flexibility index (Phi) is 1.73. The molecule has 0 unspecified atom stereocenters. The van der Waals surface area contributed by atoms with E-state index in [1.54, 1.807) is 6.20 Å². The largest absolute Gasteiger partial charge is 0.368 e. The van der Waals surface area contributed by atoms with Crippen molar-refractivity contribution >= 4 is 21.9 Å². The summed E-state index contributed by atoms with van der Waals surface area (Å²) < 4.78 is 0.930. The highest BCUT2D eigenvalue weighted by atomic mass is 79.9. The van der Waals surface area contributed by atoms with Crippen molar-refractivity contribution in [3.63, 3.8) is 0 Å². The third kappa shape index (κ3) is 1.43. The number of hydrogen-bond donors (Lipinski definition) is 2. The second kappa shape index (κ2) is 2.36. The molecule has 50 valence electrons. The molecule has 0 fully saturated rings.